The van der Waals surface area contributed by atoms with Crippen molar-refractivity contribution in [1.29, 1.82) is 0 Å². The molecule has 3 aromatic carbocycles. The molecule has 0 atom stereocenters. The van der Waals surface area contributed by atoms with Gasteiger partial charge in [-0.15, -0.1) is 0 Å². The van der Waals surface area contributed by atoms with Gasteiger partial charge in [-0.05, 0) is 83.2 Å². The molecule has 0 saturated carbocycles. The van der Waals surface area contributed by atoms with Crippen LogP contribution >= 0.6 is 0 Å². The van der Waals surface area contributed by atoms with E-state index in [-0.39, 0.29) is 11.8 Å². The summed E-state index contributed by atoms with van der Waals surface area (Å²) < 4.78 is 0. The topological polar surface area (TPSA) is 95.7 Å². The summed E-state index contributed by atoms with van der Waals surface area (Å²) in [6, 6.07) is 17.2. The Hall–Kier alpha value is -3.97. The maximum absolute atomic E-state index is 13.1. The van der Waals surface area contributed by atoms with E-state index in [4.69, 9.17) is 5.73 Å². The Morgan fingerprint density at radius 3 is 2.23 bits per heavy atom. The number of amides is 3. The number of likely N-dealkylation sites (N-methyl/N-ethyl adjacent to an activating group) is 1. The van der Waals surface area contributed by atoms with E-state index in [1.54, 1.807) is 0 Å². The maximum atomic E-state index is 13.1. The first-order valence-electron chi connectivity index (χ1n) is 11.8. The fourth-order valence-electron chi connectivity index (χ4n) is 4.96. The van der Waals surface area contributed by atoms with Crippen molar-refractivity contribution < 1.29 is 14.4 Å². The number of hydrogen-bond acceptors (Lipinski definition) is 4. The number of nitrogens with one attached hydrogen (secondary N) is 1. The second-order valence-electron chi connectivity index (χ2n) is 9.32. The lowest BCUT2D eigenvalue weighted by atomic mass is 9.94. The molecule has 3 N–H and O–H groups in total. The van der Waals surface area contributed by atoms with Gasteiger partial charge >= 0.3 is 0 Å². The minimum atomic E-state index is -0.473. The lowest BCUT2D eigenvalue weighted by Crippen LogP contribution is -2.47. The number of piperazine rings is 1. The van der Waals surface area contributed by atoms with Crippen LogP contribution < -0.4 is 11.1 Å². The van der Waals surface area contributed by atoms with Gasteiger partial charge in [0.1, 0.15) is 0 Å². The van der Waals surface area contributed by atoms with Crippen LogP contribution in [0.5, 0.6) is 0 Å². The molecule has 1 fully saturated rings. The molecule has 178 valence electrons. The van der Waals surface area contributed by atoms with Crippen molar-refractivity contribution in [3.63, 3.8) is 0 Å². The molecule has 3 aromatic rings. The molecular weight excluding hydrogens is 440 g/mol. The average Bonchev–Trinajstić information content (AvgIpc) is 3.21. The number of fused-ring (bicyclic) bond motifs is 3. The van der Waals surface area contributed by atoms with Gasteiger partial charge in [0.2, 0.25) is 11.8 Å². The fraction of sp³-hybridized carbons (Fsp3) is 0.250. The Morgan fingerprint density at radius 2 is 1.57 bits per heavy atom. The van der Waals surface area contributed by atoms with Crippen molar-refractivity contribution in [2.45, 2.75) is 13.3 Å². The smallest absolute Gasteiger partial charge is 0.253 e. The van der Waals surface area contributed by atoms with Crippen LogP contribution in [0.25, 0.3) is 22.3 Å². The zero-order valence-electron chi connectivity index (χ0n) is 19.9. The number of carbonyl (C=O) groups excluding carboxylic acids is 3. The quantitative estimate of drug-likeness (QED) is 0.480. The number of nitrogens with two attached hydrogens (primary N) is 1. The van der Waals surface area contributed by atoms with E-state index in [0.717, 1.165) is 59.6 Å². The number of benzene rings is 3. The van der Waals surface area contributed by atoms with E-state index < -0.39 is 5.91 Å². The third-order valence-corrected chi connectivity index (χ3v) is 6.85. The van der Waals surface area contributed by atoms with Gasteiger partial charge in [0.25, 0.3) is 5.91 Å². The maximum Gasteiger partial charge on any atom is 0.253 e. The standard InChI is InChI=1S/C28H28N4O3/c1-17(33)30-22-6-3-18(4-7-22)20-14-24-23-8-5-19(28(35)32-11-9-31(2)10-12-32)13-21(23)16-25(24)26(15-20)27(29)34/h3-8,13-15H,9-12,16H2,1-2H3,(H2,29,34)(H,30,33). The van der Waals surface area contributed by atoms with Crippen molar-refractivity contribution in [2.24, 2.45) is 5.73 Å². The lowest BCUT2D eigenvalue weighted by Gasteiger charge is -2.32. The molecule has 1 saturated heterocycles. The lowest BCUT2D eigenvalue weighted by molar-refractivity contribution is -0.114. The van der Waals surface area contributed by atoms with Gasteiger partial charge < -0.3 is 20.9 Å². The van der Waals surface area contributed by atoms with Crippen LogP contribution in [0.1, 0.15) is 38.8 Å². The number of carbonyl (C=O) groups is 3. The first-order chi connectivity index (χ1) is 16.8. The minimum absolute atomic E-state index is 0.0481. The summed E-state index contributed by atoms with van der Waals surface area (Å²) in [6.07, 6.45) is 0.564. The highest BCUT2D eigenvalue weighted by molar-refractivity contribution is 6.01. The minimum Gasteiger partial charge on any atom is -0.366 e. The summed E-state index contributed by atoms with van der Waals surface area (Å²) in [5.74, 6) is -0.556. The molecule has 3 amide bonds. The van der Waals surface area contributed by atoms with Crippen molar-refractivity contribution in [2.75, 3.05) is 38.5 Å². The molecule has 7 heteroatoms. The van der Waals surface area contributed by atoms with Gasteiger partial charge in [-0.25, -0.2) is 0 Å². The summed E-state index contributed by atoms with van der Waals surface area (Å²) in [6.45, 7) is 4.66. The number of anilines is 1. The Bertz CT molecular complexity index is 1340. The summed E-state index contributed by atoms with van der Waals surface area (Å²) >= 11 is 0. The van der Waals surface area contributed by atoms with Crippen LogP contribution in [0, 0.1) is 0 Å². The van der Waals surface area contributed by atoms with Gasteiger partial charge in [-0.3, -0.25) is 14.4 Å². The predicted molar refractivity (Wildman–Crippen MR) is 136 cm³/mol. The normalized spacial score (nSPS) is 14.9. The number of primary amides is 1. The van der Waals surface area contributed by atoms with E-state index in [9.17, 15) is 14.4 Å². The molecule has 0 bridgehead atoms. The van der Waals surface area contributed by atoms with Crippen molar-refractivity contribution in [3.8, 4) is 22.3 Å². The molecule has 0 aromatic heterocycles. The van der Waals surface area contributed by atoms with Crippen LogP contribution in [0.15, 0.2) is 54.6 Å². The van der Waals surface area contributed by atoms with E-state index in [1.165, 1.54) is 6.92 Å². The highest BCUT2D eigenvalue weighted by Gasteiger charge is 2.27. The molecular formula is C28H28N4O3. The van der Waals surface area contributed by atoms with Crippen LogP contribution in [-0.2, 0) is 11.2 Å². The largest absolute Gasteiger partial charge is 0.366 e. The Balaban J connectivity index is 1.49. The first-order valence-corrected chi connectivity index (χ1v) is 11.8. The number of rotatable bonds is 4. The van der Waals surface area contributed by atoms with Crippen LogP contribution in [0.4, 0.5) is 5.69 Å². The summed E-state index contributed by atoms with van der Waals surface area (Å²) in [5.41, 5.74) is 13.4. The Labute approximate surface area is 204 Å². The van der Waals surface area contributed by atoms with Crippen molar-refractivity contribution in [1.82, 2.24) is 9.80 Å². The van der Waals surface area contributed by atoms with Gasteiger partial charge in [0, 0.05) is 49.9 Å². The monoisotopic (exact) mass is 468 g/mol. The highest BCUT2D eigenvalue weighted by atomic mass is 16.2. The third kappa shape index (κ3) is 4.42. The van der Waals surface area contributed by atoms with Crippen LogP contribution in [0.3, 0.4) is 0 Å². The fourth-order valence-corrected chi connectivity index (χ4v) is 4.96. The van der Waals surface area contributed by atoms with Gasteiger partial charge in [-0.2, -0.15) is 0 Å². The molecule has 5 rings (SSSR count). The van der Waals surface area contributed by atoms with Crippen LogP contribution in [0.2, 0.25) is 0 Å². The molecule has 0 unspecified atom stereocenters. The van der Waals surface area contributed by atoms with E-state index in [0.29, 0.717) is 23.2 Å². The zero-order chi connectivity index (χ0) is 24.7. The Kier molecular flexibility index (Phi) is 5.86. The highest BCUT2D eigenvalue weighted by Crippen LogP contribution is 2.41. The van der Waals surface area contributed by atoms with E-state index in [1.807, 2.05) is 53.4 Å². The van der Waals surface area contributed by atoms with Gasteiger partial charge in [0.15, 0.2) is 0 Å². The third-order valence-electron chi connectivity index (χ3n) is 6.85. The number of hydrogen-bond donors (Lipinski definition) is 2. The molecule has 1 heterocycles. The van der Waals surface area contributed by atoms with Crippen LogP contribution in [-0.4, -0.2) is 60.7 Å². The van der Waals surface area contributed by atoms with Crippen molar-refractivity contribution in [3.05, 3.63) is 76.9 Å². The molecule has 0 radical (unpaired) electrons. The second kappa shape index (κ2) is 9.00. The first kappa shape index (κ1) is 22.8. The van der Waals surface area contributed by atoms with E-state index >= 15 is 0 Å². The molecule has 1 aliphatic heterocycles. The Morgan fingerprint density at radius 1 is 0.857 bits per heavy atom. The molecule has 1 aliphatic carbocycles. The number of nitrogens with zero attached hydrogens (tertiary/aromatic N) is 2. The summed E-state index contributed by atoms with van der Waals surface area (Å²) in [4.78, 5) is 40.9. The van der Waals surface area contributed by atoms with E-state index in [2.05, 4.69) is 23.3 Å². The zero-order valence-corrected chi connectivity index (χ0v) is 19.9. The second-order valence-corrected chi connectivity index (χ2v) is 9.32. The summed E-state index contributed by atoms with van der Waals surface area (Å²) in [7, 11) is 2.07. The van der Waals surface area contributed by atoms with Gasteiger partial charge in [0.05, 0.1) is 0 Å². The summed E-state index contributed by atoms with van der Waals surface area (Å²) in [5, 5.41) is 2.76. The van der Waals surface area contributed by atoms with Gasteiger partial charge in [-0.1, -0.05) is 18.2 Å². The molecule has 0 spiro atoms. The SMILES string of the molecule is CC(=O)Nc1ccc(-c2cc(C(N)=O)c3c(c2)-c2ccc(C(=O)N4CCN(C)CC4)cc2C3)cc1. The predicted octanol–water partition coefficient (Wildman–Crippen LogP) is 3.37. The van der Waals surface area contributed by atoms with Crippen molar-refractivity contribution >= 4 is 23.4 Å². The molecule has 7 nitrogen and oxygen atoms in total. The molecule has 35 heavy (non-hydrogen) atoms. The molecule has 2 aliphatic rings. The average molecular weight is 469 g/mol.